The first kappa shape index (κ1) is 25.3. The molecule has 2 atom stereocenters. The number of rotatable bonds is 10. The monoisotopic (exact) mass is 494 g/mol. The van der Waals surface area contributed by atoms with Crippen LogP contribution < -0.4 is 16.2 Å². The molecule has 0 saturated heterocycles. The van der Waals surface area contributed by atoms with Gasteiger partial charge in [-0.3, -0.25) is 19.8 Å². The van der Waals surface area contributed by atoms with Gasteiger partial charge in [0.25, 0.3) is 11.5 Å². The van der Waals surface area contributed by atoms with Crippen LogP contribution in [-0.2, 0) is 19.4 Å². The highest BCUT2D eigenvalue weighted by molar-refractivity contribution is 6.06. The standard InChI is InChI=1S/C27H28F2N4O3/c1-2-16-5-3-6-17(9-16)14-30-15-24(34)23(12-18-10-19(28)13-20(29)11-18)31-26(35)21-7-4-8-22-25(21)27(36)33-32-22/h3-11,13,23-24,30,34H,2,12,14-15H2,1H3,(H,31,35)(H2,32,33,36)/t23-,24-/m0/s1. The van der Waals surface area contributed by atoms with Gasteiger partial charge in [-0.15, -0.1) is 0 Å². The number of carbonyl (C=O) groups is 1. The molecule has 1 heterocycles. The van der Waals surface area contributed by atoms with E-state index in [1.807, 2.05) is 18.2 Å². The first-order chi connectivity index (χ1) is 17.3. The second-order valence-electron chi connectivity index (χ2n) is 8.74. The number of benzene rings is 3. The van der Waals surface area contributed by atoms with E-state index in [0.29, 0.717) is 12.1 Å². The number of amides is 1. The van der Waals surface area contributed by atoms with Crippen LogP contribution in [0.25, 0.3) is 10.9 Å². The molecule has 0 unspecified atom stereocenters. The van der Waals surface area contributed by atoms with Gasteiger partial charge in [-0.2, -0.15) is 0 Å². The molecule has 9 heteroatoms. The van der Waals surface area contributed by atoms with Gasteiger partial charge in [0.2, 0.25) is 0 Å². The van der Waals surface area contributed by atoms with Gasteiger partial charge in [0.15, 0.2) is 0 Å². The van der Waals surface area contributed by atoms with Gasteiger partial charge in [0.1, 0.15) is 11.6 Å². The van der Waals surface area contributed by atoms with Crippen molar-refractivity contribution >= 4 is 16.8 Å². The maximum Gasteiger partial charge on any atom is 0.272 e. The average Bonchev–Trinajstić information content (AvgIpc) is 3.24. The molecule has 1 aromatic heterocycles. The molecule has 0 aliphatic rings. The van der Waals surface area contributed by atoms with E-state index in [2.05, 4.69) is 33.8 Å². The zero-order chi connectivity index (χ0) is 25.7. The van der Waals surface area contributed by atoms with Crippen molar-refractivity contribution in [1.82, 2.24) is 20.8 Å². The summed E-state index contributed by atoms with van der Waals surface area (Å²) in [6.45, 7) is 2.69. The lowest BCUT2D eigenvalue weighted by Gasteiger charge is -2.25. The number of hydrogen-bond acceptors (Lipinski definition) is 4. The van der Waals surface area contributed by atoms with Gasteiger partial charge >= 0.3 is 0 Å². The summed E-state index contributed by atoms with van der Waals surface area (Å²) in [6.07, 6.45) is -0.196. The molecular formula is C27H28F2N4O3. The Hall–Kier alpha value is -3.82. The van der Waals surface area contributed by atoms with Crippen molar-refractivity contribution in [1.29, 1.82) is 0 Å². The van der Waals surface area contributed by atoms with Crippen LogP contribution >= 0.6 is 0 Å². The molecule has 36 heavy (non-hydrogen) atoms. The first-order valence-corrected chi connectivity index (χ1v) is 11.8. The van der Waals surface area contributed by atoms with Crippen molar-refractivity contribution in [3.8, 4) is 0 Å². The Morgan fingerprint density at radius 3 is 2.44 bits per heavy atom. The molecular weight excluding hydrogens is 466 g/mol. The summed E-state index contributed by atoms with van der Waals surface area (Å²) in [5.41, 5.74) is 2.67. The van der Waals surface area contributed by atoms with Crippen LogP contribution in [0.15, 0.2) is 65.5 Å². The maximum absolute atomic E-state index is 13.8. The molecule has 0 aliphatic heterocycles. The van der Waals surface area contributed by atoms with Gasteiger partial charge in [0.05, 0.1) is 28.6 Å². The Labute approximate surface area is 206 Å². The normalized spacial score (nSPS) is 13.0. The number of carbonyl (C=O) groups excluding carboxylic acids is 1. The molecule has 0 bridgehead atoms. The lowest BCUT2D eigenvalue weighted by atomic mass is 9.99. The Bertz CT molecular complexity index is 1400. The lowest BCUT2D eigenvalue weighted by Crippen LogP contribution is -2.48. The molecule has 5 N–H and O–H groups in total. The van der Waals surface area contributed by atoms with Crippen LogP contribution in [0.2, 0.25) is 0 Å². The van der Waals surface area contributed by atoms with E-state index >= 15 is 0 Å². The summed E-state index contributed by atoms with van der Waals surface area (Å²) < 4.78 is 27.6. The van der Waals surface area contributed by atoms with Crippen LogP contribution in [0, 0.1) is 11.6 Å². The molecule has 0 saturated carbocycles. The topological polar surface area (TPSA) is 110 Å². The van der Waals surface area contributed by atoms with Crippen molar-refractivity contribution in [3.63, 3.8) is 0 Å². The Morgan fingerprint density at radius 1 is 0.972 bits per heavy atom. The Balaban J connectivity index is 1.52. The number of aliphatic hydroxyl groups is 1. The summed E-state index contributed by atoms with van der Waals surface area (Å²) in [6, 6.07) is 15.0. The summed E-state index contributed by atoms with van der Waals surface area (Å²) in [5, 5.41) is 22.2. The number of nitrogens with one attached hydrogen (secondary N) is 4. The van der Waals surface area contributed by atoms with Crippen molar-refractivity contribution < 1.29 is 18.7 Å². The predicted octanol–water partition coefficient (Wildman–Crippen LogP) is 3.19. The van der Waals surface area contributed by atoms with Gasteiger partial charge < -0.3 is 15.7 Å². The van der Waals surface area contributed by atoms with Gasteiger partial charge in [-0.25, -0.2) is 8.78 Å². The van der Waals surface area contributed by atoms with E-state index < -0.39 is 35.2 Å². The fourth-order valence-electron chi connectivity index (χ4n) is 4.26. The Morgan fingerprint density at radius 2 is 1.69 bits per heavy atom. The zero-order valence-electron chi connectivity index (χ0n) is 19.8. The minimum atomic E-state index is -1.08. The van der Waals surface area contributed by atoms with Gasteiger partial charge in [-0.05, 0) is 53.8 Å². The van der Waals surface area contributed by atoms with Crippen molar-refractivity contribution in [2.75, 3.05) is 6.54 Å². The molecule has 1 amide bonds. The quantitative estimate of drug-likeness (QED) is 0.233. The summed E-state index contributed by atoms with van der Waals surface area (Å²) in [7, 11) is 0. The number of aliphatic hydroxyl groups excluding tert-OH is 1. The second kappa shape index (κ2) is 11.3. The highest BCUT2D eigenvalue weighted by atomic mass is 19.1. The lowest BCUT2D eigenvalue weighted by molar-refractivity contribution is 0.0831. The van der Waals surface area contributed by atoms with E-state index in [1.165, 1.54) is 11.6 Å². The Kier molecular flexibility index (Phi) is 7.92. The number of aromatic amines is 2. The van der Waals surface area contributed by atoms with Gasteiger partial charge in [0, 0.05) is 19.2 Å². The number of H-pyrrole nitrogens is 2. The van der Waals surface area contributed by atoms with E-state index in [9.17, 15) is 23.5 Å². The van der Waals surface area contributed by atoms with Crippen LogP contribution in [0.1, 0.15) is 34.0 Å². The summed E-state index contributed by atoms with van der Waals surface area (Å²) in [5.74, 6) is -2.08. The predicted molar refractivity (Wildman–Crippen MR) is 134 cm³/mol. The third-order valence-corrected chi connectivity index (χ3v) is 6.09. The van der Waals surface area contributed by atoms with E-state index in [1.54, 1.807) is 12.1 Å². The van der Waals surface area contributed by atoms with E-state index in [-0.39, 0.29) is 29.5 Å². The molecule has 0 spiro atoms. The van der Waals surface area contributed by atoms with Crippen molar-refractivity contribution in [2.45, 2.75) is 38.5 Å². The smallest absolute Gasteiger partial charge is 0.272 e. The molecule has 3 aromatic carbocycles. The third kappa shape index (κ3) is 6.05. The highest BCUT2D eigenvalue weighted by Gasteiger charge is 2.24. The molecule has 0 aliphatic carbocycles. The van der Waals surface area contributed by atoms with Crippen molar-refractivity contribution in [3.05, 3.63) is 105 Å². The summed E-state index contributed by atoms with van der Waals surface area (Å²) >= 11 is 0. The summed E-state index contributed by atoms with van der Waals surface area (Å²) in [4.78, 5) is 25.4. The van der Waals surface area contributed by atoms with E-state index in [0.717, 1.165) is 30.2 Å². The average molecular weight is 495 g/mol. The minimum Gasteiger partial charge on any atom is -0.390 e. The van der Waals surface area contributed by atoms with Crippen LogP contribution in [-0.4, -0.2) is 39.9 Å². The number of aromatic nitrogens is 2. The second-order valence-corrected chi connectivity index (χ2v) is 8.74. The molecule has 4 rings (SSSR count). The number of hydrogen-bond donors (Lipinski definition) is 5. The molecule has 4 aromatic rings. The van der Waals surface area contributed by atoms with Crippen molar-refractivity contribution in [2.24, 2.45) is 0 Å². The molecule has 0 fully saturated rings. The number of fused-ring (bicyclic) bond motifs is 1. The van der Waals surface area contributed by atoms with E-state index in [4.69, 9.17) is 0 Å². The molecule has 7 nitrogen and oxygen atoms in total. The van der Waals surface area contributed by atoms with Crippen LogP contribution in [0.5, 0.6) is 0 Å². The third-order valence-electron chi connectivity index (χ3n) is 6.09. The fourth-order valence-corrected chi connectivity index (χ4v) is 4.26. The molecule has 0 radical (unpaired) electrons. The highest BCUT2D eigenvalue weighted by Crippen LogP contribution is 2.16. The van der Waals surface area contributed by atoms with Crippen LogP contribution in [0.4, 0.5) is 8.78 Å². The first-order valence-electron chi connectivity index (χ1n) is 11.8. The SMILES string of the molecule is CCc1cccc(CNC[C@H](O)[C@H](Cc2cc(F)cc(F)c2)NC(=O)c2cccc3[nH][nH]c(=O)c23)c1. The maximum atomic E-state index is 13.8. The zero-order valence-corrected chi connectivity index (χ0v) is 19.8. The minimum absolute atomic E-state index is 0.0198. The fraction of sp³-hybridized carbons (Fsp3) is 0.259. The number of aryl methyl sites for hydroxylation is 1. The van der Waals surface area contributed by atoms with Crippen LogP contribution in [0.3, 0.4) is 0 Å². The number of halogens is 2. The molecule has 188 valence electrons. The largest absolute Gasteiger partial charge is 0.390 e. The van der Waals surface area contributed by atoms with Gasteiger partial charge in [-0.1, -0.05) is 37.3 Å².